The minimum absolute atomic E-state index is 0.0575. The van der Waals surface area contributed by atoms with E-state index in [1.54, 1.807) is 35.3 Å². The van der Waals surface area contributed by atoms with Crippen molar-refractivity contribution >= 4 is 17.3 Å². The molecule has 0 spiro atoms. The molecule has 1 amide bonds. The summed E-state index contributed by atoms with van der Waals surface area (Å²) in [7, 11) is 0. The van der Waals surface area contributed by atoms with Gasteiger partial charge in [-0.1, -0.05) is 0 Å². The fourth-order valence-electron chi connectivity index (χ4n) is 2.86. The van der Waals surface area contributed by atoms with Crippen LogP contribution in [0.2, 0.25) is 0 Å². The summed E-state index contributed by atoms with van der Waals surface area (Å²) in [5, 5.41) is 14.8. The Kier molecular flexibility index (Phi) is 4.45. The maximum atomic E-state index is 12.5. The van der Waals surface area contributed by atoms with Crippen LogP contribution in [0.3, 0.4) is 0 Å². The quantitative estimate of drug-likeness (QED) is 0.629. The van der Waals surface area contributed by atoms with Gasteiger partial charge in [-0.2, -0.15) is 5.10 Å². The molecule has 24 heavy (non-hydrogen) atoms. The number of nitro benzene ring substituents is 1. The van der Waals surface area contributed by atoms with Crippen LogP contribution in [0.4, 0.5) is 11.4 Å². The van der Waals surface area contributed by atoms with E-state index < -0.39 is 4.92 Å². The monoisotopic (exact) mass is 329 g/mol. The number of piperazine rings is 1. The molecule has 1 aliphatic heterocycles. The van der Waals surface area contributed by atoms with E-state index in [9.17, 15) is 14.9 Å². The molecule has 8 nitrogen and oxygen atoms in total. The summed E-state index contributed by atoms with van der Waals surface area (Å²) in [6.07, 6.45) is 3.45. The third-order valence-electron chi connectivity index (χ3n) is 4.30. The fraction of sp³-hybridized carbons (Fsp3) is 0.375. The van der Waals surface area contributed by atoms with Gasteiger partial charge in [0, 0.05) is 56.4 Å². The first-order valence-electron chi connectivity index (χ1n) is 7.83. The first kappa shape index (κ1) is 16.0. The number of benzene rings is 1. The molecule has 1 fully saturated rings. The van der Waals surface area contributed by atoms with Gasteiger partial charge in [-0.3, -0.25) is 19.6 Å². The van der Waals surface area contributed by atoms with E-state index in [0.29, 0.717) is 26.2 Å². The molecule has 1 atom stereocenters. The zero-order valence-corrected chi connectivity index (χ0v) is 13.4. The van der Waals surface area contributed by atoms with E-state index in [-0.39, 0.29) is 17.6 Å². The maximum absolute atomic E-state index is 12.5. The van der Waals surface area contributed by atoms with Gasteiger partial charge in [0.15, 0.2) is 0 Å². The Labute approximate surface area is 139 Å². The van der Waals surface area contributed by atoms with Crippen LogP contribution >= 0.6 is 0 Å². The largest absolute Gasteiger partial charge is 0.368 e. The van der Waals surface area contributed by atoms with Crippen molar-refractivity contribution in [3.63, 3.8) is 0 Å². The maximum Gasteiger partial charge on any atom is 0.269 e. The van der Waals surface area contributed by atoms with Gasteiger partial charge in [0.05, 0.1) is 4.92 Å². The van der Waals surface area contributed by atoms with Crippen LogP contribution in [-0.2, 0) is 4.79 Å². The van der Waals surface area contributed by atoms with Crippen LogP contribution in [0.1, 0.15) is 13.0 Å². The molecule has 1 aromatic carbocycles. The Bertz CT molecular complexity index is 706. The molecule has 0 bridgehead atoms. The summed E-state index contributed by atoms with van der Waals surface area (Å²) in [4.78, 5) is 26.8. The van der Waals surface area contributed by atoms with Crippen LogP contribution in [-0.4, -0.2) is 51.7 Å². The second-order valence-corrected chi connectivity index (χ2v) is 5.75. The fourth-order valence-corrected chi connectivity index (χ4v) is 2.86. The van der Waals surface area contributed by atoms with E-state index in [1.807, 2.05) is 11.8 Å². The van der Waals surface area contributed by atoms with Gasteiger partial charge in [-0.25, -0.2) is 0 Å². The number of nitro groups is 1. The highest BCUT2D eigenvalue weighted by Crippen LogP contribution is 2.21. The van der Waals surface area contributed by atoms with Crippen molar-refractivity contribution in [2.75, 3.05) is 31.1 Å². The van der Waals surface area contributed by atoms with E-state index in [0.717, 1.165) is 5.69 Å². The molecule has 0 radical (unpaired) electrons. The minimum Gasteiger partial charge on any atom is -0.368 e. The number of carbonyl (C=O) groups excluding carboxylic acids is 1. The summed E-state index contributed by atoms with van der Waals surface area (Å²) in [5.74, 6) is 0.0575. The molecule has 8 heteroatoms. The van der Waals surface area contributed by atoms with Crippen LogP contribution in [0.5, 0.6) is 0 Å². The zero-order valence-electron chi connectivity index (χ0n) is 13.4. The van der Waals surface area contributed by atoms with Gasteiger partial charge in [0.1, 0.15) is 6.04 Å². The SMILES string of the molecule is CC(C(=O)N1CCN(c2ccc([N+](=O)[O-])cc2)CC1)n1cccn1. The number of hydrogen-bond donors (Lipinski definition) is 0. The van der Waals surface area contributed by atoms with Gasteiger partial charge in [0.2, 0.25) is 5.91 Å². The Morgan fingerprint density at radius 1 is 1.21 bits per heavy atom. The van der Waals surface area contributed by atoms with Crippen LogP contribution in [0.15, 0.2) is 42.7 Å². The first-order chi connectivity index (χ1) is 11.6. The molecular formula is C16H19N5O3. The van der Waals surface area contributed by atoms with Crippen molar-refractivity contribution < 1.29 is 9.72 Å². The highest BCUT2D eigenvalue weighted by molar-refractivity contribution is 5.80. The van der Waals surface area contributed by atoms with E-state index in [1.165, 1.54) is 12.1 Å². The molecule has 0 aliphatic carbocycles. The summed E-state index contributed by atoms with van der Waals surface area (Å²) in [6.45, 7) is 4.51. The number of rotatable bonds is 4. The lowest BCUT2D eigenvalue weighted by Crippen LogP contribution is -2.50. The zero-order chi connectivity index (χ0) is 17.1. The van der Waals surface area contributed by atoms with Gasteiger partial charge in [-0.15, -0.1) is 0 Å². The third kappa shape index (κ3) is 3.22. The van der Waals surface area contributed by atoms with Gasteiger partial charge in [-0.05, 0) is 25.1 Å². The van der Waals surface area contributed by atoms with Crippen molar-refractivity contribution in [2.24, 2.45) is 0 Å². The topological polar surface area (TPSA) is 84.5 Å². The second-order valence-electron chi connectivity index (χ2n) is 5.75. The van der Waals surface area contributed by atoms with Crippen molar-refractivity contribution in [2.45, 2.75) is 13.0 Å². The van der Waals surface area contributed by atoms with Crippen LogP contribution in [0.25, 0.3) is 0 Å². The molecule has 1 unspecified atom stereocenters. The molecule has 0 N–H and O–H groups in total. The lowest BCUT2D eigenvalue weighted by Gasteiger charge is -2.37. The predicted octanol–water partition coefficient (Wildman–Crippen LogP) is 1.70. The molecule has 1 saturated heterocycles. The van der Waals surface area contributed by atoms with Crippen molar-refractivity contribution in [3.05, 3.63) is 52.8 Å². The van der Waals surface area contributed by atoms with Crippen molar-refractivity contribution in [1.29, 1.82) is 0 Å². The number of nitrogens with zero attached hydrogens (tertiary/aromatic N) is 5. The standard InChI is InChI=1S/C16H19N5O3/c1-13(20-8-2-7-17-20)16(22)19-11-9-18(10-12-19)14-3-5-15(6-4-14)21(23)24/h2-8,13H,9-12H2,1H3. The molecule has 0 saturated carbocycles. The molecule has 1 aliphatic rings. The number of anilines is 1. The average Bonchev–Trinajstić information content (AvgIpc) is 3.15. The lowest BCUT2D eigenvalue weighted by molar-refractivity contribution is -0.384. The second kappa shape index (κ2) is 6.69. The predicted molar refractivity (Wildman–Crippen MR) is 88.8 cm³/mol. The number of non-ortho nitro benzene ring substituents is 1. The third-order valence-corrected chi connectivity index (χ3v) is 4.30. The van der Waals surface area contributed by atoms with E-state index in [2.05, 4.69) is 10.00 Å². The first-order valence-corrected chi connectivity index (χ1v) is 7.83. The molecule has 126 valence electrons. The van der Waals surface area contributed by atoms with Gasteiger partial charge >= 0.3 is 0 Å². The molecule has 1 aromatic heterocycles. The molecule has 2 aromatic rings. The number of amides is 1. The summed E-state index contributed by atoms with van der Waals surface area (Å²) in [6, 6.07) is 8.01. The highest BCUT2D eigenvalue weighted by Gasteiger charge is 2.26. The number of hydrogen-bond acceptors (Lipinski definition) is 5. The van der Waals surface area contributed by atoms with E-state index in [4.69, 9.17) is 0 Å². The van der Waals surface area contributed by atoms with Crippen LogP contribution in [0, 0.1) is 10.1 Å². The lowest BCUT2D eigenvalue weighted by atomic mass is 10.2. The van der Waals surface area contributed by atoms with Gasteiger partial charge in [0.25, 0.3) is 5.69 Å². The normalized spacial score (nSPS) is 16.0. The summed E-state index contributed by atoms with van der Waals surface area (Å²) < 4.78 is 1.66. The average molecular weight is 329 g/mol. The smallest absolute Gasteiger partial charge is 0.269 e. The highest BCUT2D eigenvalue weighted by atomic mass is 16.6. The summed E-state index contributed by atoms with van der Waals surface area (Å²) >= 11 is 0. The van der Waals surface area contributed by atoms with Crippen molar-refractivity contribution in [1.82, 2.24) is 14.7 Å². The van der Waals surface area contributed by atoms with Gasteiger partial charge < -0.3 is 9.80 Å². The Morgan fingerprint density at radius 3 is 2.42 bits per heavy atom. The van der Waals surface area contributed by atoms with Crippen molar-refractivity contribution in [3.8, 4) is 0 Å². The Balaban J connectivity index is 1.59. The Hall–Kier alpha value is -2.90. The minimum atomic E-state index is -0.406. The number of carbonyl (C=O) groups is 1. The van der Waals surface area contributed by atoms with E-state index >= 15 is 0 Å². The summed E-state index contributed by atoms with van der Waals surface area (Å²) in [5.41, 5.74) is 1.02. The molecule has 2 heterocycles. The van der Waals surface area contributed by atoms with Crippen LogP contribution < -0.4 is 4.90 Å². The molecular weight excluding hydrogens is 310 g/mol. The number of aromatic nitrogens is 2. The Morgan fingerprint density at radius 2 is 1.88 bits per heavy atom. The molecule has 3 rings (SSSR count).